The summed E-state index contributed by atoms with van der Waals surface area (Å²) in [5.74, 6) is 1.77. The molecule has 0 aromatic carbocycles. The van der Waals surface area contributed by atoms with E-state index >= 15 is 0 Å². The number of halogens is 1. The molecule has 0 aliphatic carbocycles. The monoisotopic (exact) mass is 323 g/mol. The molecule has 0 spiro atoms. The van der Waals surface area contributed by atoms with Crippen LogP contribution in [-0.4, -0.2) is 26.1 Å². The van der Waals surface area contributed by atoms with Gasteiger partial charge in [0.1, 0.15) is 16.2 Å². The van der Waals surface area contributed by atoms with Gasteiger partial charge in [-0.1, -0.05) is 6.92 Å². The standard InChI is InChI=1S/C13H18BrN5/c1-2-4-12-17-11(14)9-13(18-12)16-5-3-7-19-8-6-15-10-19/h6,8-10H,2-5,7H2,1H3,(H,16,17,18). The Balaban J connectivity index is 1.81. The van der Waals surface area contributed by atoms with E-state index in [2.05, 4.69) is 47.7 Å². The van der Waals surface area contributed by atoms with E-state index in [9.17, 15) is 0 Å². The van der Waals surface area contributed by atoms with E-state index in [4.69, 9.17) is 0 Å². The summed E-state index contributed by atoms with van der Waals surface area (Å²) in [5.41, 5.74) is 0. The Morgan fingerprint density at radius 2 is 2.26 bits per heavy atom. The van der Waals surface area contributed by atoms with E-state index in [0.717, 1.165) is 48.6 Å². The van der Waals surface area contributed by atoms with Crippen molar-refractivity contribution in [3.05, 3.63) is 35.2 Å². The molecule has 0 saturated carbocycles. The maximum absolute atomic E-state index is 4.49. The number of hydrogen-bond acceptors (Lipinski definition) is 4. The summed E-state index contributed by atoms with van der Waals surface area (Å²) in [6, 6.07) is 1.91. The molecule has 19 heavy (non-hydrogen) atoms. The fourth-order valence-electron chi connectivity index (χ4n) is 1.79. The van der Waals surface area contributed by atoms with Crippen molar-refractivity contribution >= 4 is 21.7 Å². The van der Waals surface area contributed by atoms with Gasteiger partial charge in [-0.05, 0) is 28.8 Å². The van der Waals surface area contributed by atoms with Crippen molar-refractivity contribution < 1.29 is 0 Å². The minimum absolute atomic E-state index is 0.836. The number of rotatable bonds is 7. The summed E-state index contributed by atoms with van der Waals surface area (Å²) < 4.78 is 2.91. The zero-order chi connectivity index (χ0) is 13.5. The Hall–Kier alpha value is -1.43. The van der Waals surface area contributed by atoms with Gasteiger partial charge < -0.3 is 9.88 Å². The van der Waals surface area contributed by atoms with Crippen molar-refractivity contribution in [3.63, 3.8) is 0 Å². The van der Waals surface area contributed by atoms with Crippen molar-refractivity contribution in [3.8, 4) is 0 Å². The Kier molecular flexibility index (Phi) is 5.32. The van der Waals surface area contributed by atoms with Crippen LogP contribution in [0.3, 0.4) is 0 Å². The van der Waals surface area contributed by atoms with E-state index in [0.29, 0.717) is 0 Å². The third-order valence-electron chi connectivity index (χ3n) is 2.67. The van der Waals surface area contributed by atoms with Crippen molar-refractivity contribution in [2.24, 2.45) is 0 Å². The topological polar surface area (TPSA) is 55.6 Å². The molecular formula is C13H18BrN5. The summed E-state index contributed by atoms with van der Waals surface area (Å²) in [5, 5.41) is 3.33. The average Bonchev–Trinajstić information content (AvgIpc) is 2.87. The summed E-state index contributed by atoms with van der Waals surface area (Å²) in [6.45, 7) is 3.97. The first-order valence-corrected chi connectivity index (χ1v) is 7.30. The highest BCUT2D eigenvalue weighted by atomic mass is 79.9. The normalized spacial score (nSPS) is 10.6. The zero-order valence-electron chi connectivity index (χ0n) is 11.0. The molecular weight excluding hydrogens is 306 g/mol. The van der Waals surface area contributed by atoms with Gasteiger partial charge in [-0.15, -0.1) is 0 Å². The Morgan fingerprint density at radius 3 is 3.00 bits per heavy atom. The van der Waals surface area contributed by atoms with Crippen LogP contribution >= 0.6 is 15.9 Å². The van der Waals surface area contributed by atoms with Crippen molar-refractivity contribution in [2.75, 3.05) is 11.9 Å². The molecule has 0 amide bonds. The lowest BCUT2D eigenvalue weighted by molar-refractivity contribution is 0.659. The van der Waals surface area contributed by atoms with Crippen LogP contribution in [0.5, 0.6) is 0 Å². The van der Waals surface area contributed by atoms with E-state index in [-0.39, 0.29) is 0 Å². The van der Waals surface area contributed by atoms with Gasteiger partial charge in [0.25, 0.3) is 0 Å². The number of hydrogen-bond donors (Lipinski definition) is 1. The van der Waals surface area contributed by atoms with Crippen LogP contribution in [0.2, 0.25) is 0 Å². The zero-order valence-corrected chi connectivity index (χ0v) is 12.6. The fraction of sp³-hybridized carbons (Fsp3) is 0.462. The molecule has 2 rings (SSSR count). The number of aromatic nitrogens is 4. The molecule has 102 valence electrons. The van der Waals surface area contributed by atoms with Gasteiger partial charge in [0.05, 0.1) is 6.33 Å². The molecule has 2 aromatic heterocycles. The van der Waals surface area contributed by atoms with Crippen LogP contribution in [0.25, 0.3) is 0 Å². The molecule has 0 fully saturated rings. The van der Waals surface area contributed by atoms with Gasteiger partial charge in [-0.2, -0.15) is 0 Å². The summed E-state index contributed by atoms with van der Waals surface area (Å²) in [7, 11) is 0. The highest BCUT2D eigenvalue weighted by Gasteiger charge is 2.02. The third kappa shape index (κ3) is 4.63. The fourth-order valence-corrected chi connectivity index (χ4v) is 2.21. The van der Waals surface area contributed by atoms with Gasteiger partial charge in [0, 0.05) is 38.0 Å². The van der Waals surface area contributed by atoms with Crippen LogP contribution in [-0.2, 0) is 13.0 Å². The van der Waals surface area contributed by atoms with Gasteiger partial charge in [-0.25, -0.2) is 15.0 Å². The first kappa shape index (κ1) is 14.0. The van der Waals surface area contributed by atoms with Crippen LogP contribution in [0.4, 0.5) is 5.82 Å². The number of imidazole rings is 1. The lowest BCUT2D eigenvalue weighted by atomic mass is 10.3. The highest BCUT2D eigenvalue weighted by molar-refractivity contribution is 9.10. The third-order valence-corrected chi connectivity index (χ3v) is 3.08. The maximum Gasteiger partial charge on any atom is 0.132 e. The van der Waals surface area contributed by atoms with E-state index in [1.807, 2.05) is 18.6 Å². The van der Waals surface area contributed by atoms with E-state index in [1.165, 1.54) is 0 Å². The lowest BCUT2D eigenvalue weighted by Gasteiger charge is -2.08. The molecule has 2 aromatic rings. The van der Waals surface area contributed by atoms with Gasteiger partial charge >= 0.3 is 0 Å². The Labute approximate surface area is 121 Å². The van der Waals surface area contributed by atoms with Crippen LogP contribution in [0.15, 0.2) is 29.4 Å². The minimum atomic E-state index is 0.836. The second kappa shape index (κ2) is 7.23. The molecule has 2 heterocycles. The van der Waals surface area contributed by atoms with Crippen molar-refractivity contribution in [1.29, 1.82) is 0 Å². The lowest BCUT2D eigenvalue weighted by Crippen LogP contribution is -2.08. The first-order valence-electron chi connectivity index (χ1n) is 6.51. The molecule has 5 nitrogen and oxygen atoms in total. The number of aryl methyl sites for hydroxylation is 2. The first-order chi connectivity index (χ1) is 9.28. The minimum Gasteiger partial charge on any atom is -0.370 e. The number of nitrogens with zero attached hydrogens (tertiary/aromatic N) is 4. The van der Waals surface area contributed by atoms with Crippen molar-refractivity contribution in [2.45, 2.75) is 32.7 Å². The van der Waals surface area contributed by atoms with Gasteiger partial charge in [0.2, 0.25) is 0 Å². The Bertz CT molecular complexity index is 498. The molecule has 1 N–H and O–H groups in total. The predicted octanol–water partition coefficient (Wildman–Crippen LogP) is 2.89. The molecule has 0 aliphatic rings. The number of anilines is 1. The quantitative estimate of drug-likeness (QED) is 0.628. The average molecular weight is 324 g/mol. The second-order valence-electron chi connectivity index (χ2n) is 4.32. The smallest absolute Gasteiger partial charge is 0.132 e. The molecule has 0 radical (unpaired) electrons. The molecule has 0 saturated heterocycles. The SMILES string of the molecule is CCCc1nc(Br)cc(NCCCn2ccnc2)n1. The summed E-state index contributed by atoms with van der Waals surface area (Å²) in [4.78, 5) is 12.9. The second-order valence-corrected chi connectivity index (χ2v) is 5.14. The highest BCUT2D eigenvalue weighted by Crippen LogP contribution is 2.13. The number of nitrogens with one attached hydrogen (secondary N) is 1. The molecule has 6 heteroatoms. The van der Waals surface area contributed by atoms with Gasteiger partial charge in [0.15, 0.2) is 0 Å². The molecule has 0 unspecified atom stereocenters. The Morgan fingerprint density at radius 1 is 1.37 bits per heavy atom. The summed E-state index contributed by atoms with van der Waals surface area (Å²) in [6.07, 6.45) is 8.59. The molecule has 0 bridgehead atoms. The van der Waals surface area contributed by atoms with E-state index < -0.39 is 0 Å². The van der Waals surface area contributed by atoms with Gasteiger partial charge in [-0.3, -0.25) is 0 Å². The molecule has 0 aliphatic heterocycles. The van der Waals surface area contributed by atoms with Crippen molar-refractivity contribution in [1.82, 2.24) is 19.5 Å². The van der Waals surface area contributed by atoms with E-state index in [1.54, 1.807) is 6.20 Å². The maximum atomic E-state index is 4.49. The van der Waals surface area contributed by atoms with Crippen LogP contribution < -0.4 is 5.32 Å². The van der Waals surface area contributed by atoms with Crippen LogP contribution in [0, 0.1) is 0 Å². The summed E-state index contributed by atoms with van der Waals surface area (Å²) >= 11 is 3.42. The predicted molar refractivity (Wildman–Crippen MR) is 79.1 cm³/mol. The molecule has 0 atom stereocenters. The van der Waals surface area contributed by atoms with Crippen LogP contribution in [0.1, 0.15) is 25.6 Å². The largest absolute Gasteiger partial charge is 0.370 e.